The average molecular weight is 545 g/mol. The first kappa shape index (κ1) is 26.8. The van der Waals surface area contributed by atoms with Crippen molar-refractivity contribution in [3.63, 3.8) is 0 Å². The van der Waals surface area contributed by atoms with E-state index in [0.29, 0.717) is 5.69 Å². The first-order valence-electron chi connectivity index (χ1n) is 11.3. The number of halogens is 3. The van der Waals surface area contributed by atoms with E-state index in [1.165, 1.54) is 55.6 Å². The van der Waals surface area contributed by atoms with Gasteiger partial charge < -0.3 is 14.5 Å². The van der Waals surface area contributed by atoms with Gasteiger partial charge in [-0.25, -0.2) is 8.42 Å². The Morgan fingerprint density at radius 3 is 2.26 bits per heavy atom. The van der Waals surface area contributed by atoms with Crippen molar-refractivity contribution in [1.29, 1.82) is 0 Å². The van der Waals surface area contributed by atoms with Gasteiger partial charge in [0.2, 0.25) is 0 Å². The number of anilines is 2. The standard InChI is InChI=1S/C27H23F3N2O5S/c1-16-7-6-8-17(2)25(16)32-38(34,35)24-15-18(11-12-22(24)36-3)31-26(33)23-14-13-21(37-23)19-9-4-5-10-20(19)27(28,29)30/h4-15,32H,1-3H3,(H,31,33). The number of aryl methyl sites for hydroxylation is 2. The number of para-hydroxylation sites is 1. The maximum atomic E-state index is 13.4. The number of sulfonamides is 1. The summed E-state index contributed by atoms with van der Waals surface area (Å²) in [6.07, 6.45) is -4.61. The van der Waals surface area contributed by atoms with Crippen molar-refractivity contribution in [1.82, 2.24) is 0 Å². The number of methoxy groups -OCH3 is 1. The molecule has 198 valence electrons. The molecule has 4 rings (SSSR count). The number of furan rings is 1. The highest BCUT2D eigenvalue weighted by atomic mass is 32.2. The van der Waals surface area contributed by atoms with Crippen LogP contribution in [0.15, 0.2) is 82.1 Å². The quantitative estimate of drug-likeness (QED) is 0.272. The minimum Gasteiger partial charge on any atom is -0.495 e. The van der Waals surface area contributed by atoms with E-state index < -0.39 is 27.7 Å². The lowest BCUT2D eigenvalue weighted by molar-refractivity contribution is -0.137. The van der Waals surface area contributed by atoms with Gasteiger partial charge in [0.25, 0.3) is 15.9 Å². The molecule has 0 spiro atoms. The minimum absolute atomic E-state index is 0.0470. The average Bonchev–Trinajstić information content (AvgIpc) is 3.36. The van der Waals surface area contributed by atoms with Gasteiger partial charge in [0, 0.05) is 11.3 Å². The number of amides is 1. The molecule has 0 atom stereocenters. The van der Waals surface area contributed by atoms with Crippen molar-refractivity contribution in [3.8, 4) is 17.1 Å². The molecule has 0 aliphatic carbocycles. The lowest BCUT2D eigenvalue weighted by Crippen LogP contribution is -2.17. The highest BCUT2D eigenvalue weighted by Gasteiger charge is 2.34. The SMILES string of the molecule is COc1ccc(NC(=O)c2ccc(-c3ccccc3C(F)(F)F)o2)cc1S(=O)(=O)Nc1c(C)cccc1C. The van der Waals surface area contributed by atoms with E-state index in [4.69, 9.17) is 9.15 Å². The normalized spacial score (nSPS) is 11.7. The highest BCUT2D eigenvalue weighted by molar-refractivity contribution is 7.92. The zero-order valence-corrected chi connectivity index (χ0v) is 21.3. The third-order valence-corrected chi connectivity index (χ3v) is 7.13. The van der Waals surface area contributed by atoms with Crippen LogP contribution >= 0.6 is 0 Å². The van der Waals surface area contributed by atoms with Crippen molar-refractivity contribution in [2.24, 2.45) is 0 Å². The van der Waals surface area contributed by atoms with Crippen LogP contribution in [0.4, 0.5) is 24.5 Å². The van der Waals surface area contributed by atoms with E-state index in [0.717, 1.165) is 17.2 Å². The molecule has 0 unspecified atom stereocenters. The number of hydrogen-bond donors (Lipinski definition) is 2. The first-order chi connectivity index (χ1) is 17.9. The Labute approximate surface area is 217 Å². The molecule has 0 fully saturated rings. The topological polar surface area (TPSA) is 97.6 Å². The number of ether oxygens (including phenoxy) is 1. The minimum atomic E-state index is -4.61. The molecule has 2 N–H and O–H groups in total. The van der Waals surface area contributed by atoms with Crippen LogP contribution in [0.1, 0.15) is 27.2 Å². The largest absolute Gasteiger partial charge is 0.495 e. The Morgan fingerprint density at radius 1 is 0.921 bits per heavy atom. The van der Waals surface area contributed by atoms with Crippen LogP contribution in [0.25, 0.3) is 11.3 Å². The van der Waals surface area contributed by atoms with Gasteiger partial charge in [-0.3, -0.25) is 9.52 Å². The fourth-order valence-electron chi connectivity index (χ4n) is 3.87. The Bertz CT molecular complexity index is 1590. The lowest BCUT2D eigenvalue weighted by Gasteiger charge is -2.16. The summed E-state index contributed by atoms with van der Waals surface area (Å²) < 4.78 is 79.9. The molecule has 1 aromatic heterocycles. The fourth-order valence-corrected chi connectivity index (χ4v) is 5.27. The number of hydrogen-bond acceptors (Lipinski definition) is 5. The Hall–Kier alpha value is -4.25. The van der Waals surface area contributed by atoms with Gasteiger partial charge in [0.1, 0.15) is 16.4 Å². The lowest BCUT2D eigenvalue weighted by atomic mass is 10.1. The summed E-state index contributed by atoms with van der Waals surface area (Å²) in [4.78, 5) is 12.6. The molecule has 38 heavy (non-hydrogen) atoms. The summed E-state index contributed by atoms with van der Waals surface area (Å²) >= 11 is 0. The molecule has 1 amide bonds. The predicted octanol–water partition coefficient (Wildman–Crippen LogP) is 6.64. The molecule has 7 nitrogen and oxygen atoms in total. The van der Waals surface area contributed by atoms with Crippen LogP contribution in [0.2, 0.25) is 0 Å². The second-order valence-electron chi connectivity index (χ2n) is 8.40. The molecule has 11 heteroatoms. The van der Waals surface area contributed by atoms with Crippen LogP contribution in [-0.4, -0.2) is 21.4 Å². The molecule has 1 heterocycles. The summed E-state index contributed by atoms with van der Waals surface area (Å²) in [5.41, 5.74) is 0.852. The zero-order chi connectivity index (χ0) is 27.7. The van der Waals surface area contributed by atoms with Gasteiger partial charge in [0.05, 0.1) is 18.4 Å². The number of benzene rings is 3. The molecule has 0 saturated heterocycles. The fraction of sp³-hybridized carbons (Fsp3) is 0.148. The van der Waals surface area contributed by atoms with E-state index in [1.807, 2.05) is 0 Å². The molecule has 0 saturated carbocycles. The van der Waals surface area contributed by atoms with Crippen molar-refractivity contribution < 1.29 is 35.5 Å². The summed E-state index contributed by atoms with van der Waals surface area (Å²) in [5.74, 6) is -1.13. The van der Waals surface area contributed by atoms with Crippen molar-refractivity contribution in [2.75, 3.05) is 17.1 Å². The monoisotopic (exact) mass is 544 g/mol. The predicted molar refractivity (Wildman–Crippen MR) is 137 cm³/mol. The molecular formula is C27H23F3N2O5S. The van der Waals surface area contributed by atoms with E-state index in [1.54, 1.807) is 32.0 Å². The van der Waals surface area contributed by atoms with Gasteiger partial charge in [-0.1, -0.05) is 36.4 Å². The molecule has 0 bridgehead atoms. The Morgan fingerprint density at radius 2 is 1.61 bits per heavy atom. The summed E-state index contributed by atoms with van der Waals surface area (Å²) in [6.45, 7) is 3.53. The van der Waals surface area contributed by atoms with Gasteiger partial charge in [-0.15, -0.1) is 0 Å². The summed E-state index contributed by atoms with van der Waals surface area (Å²) in [6, 6.07) is 16.7. The Balaban J connectivity index is 1.61. The number of carbonyl (C=O) groups excluding carboxylic acids is 1. The van der Waals surface area contributed by atoms with Crippen LogP contribution in [-0.2, 0) is 16.2 Å². The van der Waals surface area contributed by atoms with Gasteiger partial charge in [-0.2, -0.15) is 13.2 Å². The van der Waals surface area contributed by atoms with Crippen LogP contribution in [0.5, 0.6) is 5.75 Å². The smallest absolute Gasteiger partial charge is 0.417 e. The molecule has 4 aromatic rings. The highest BCUT2D eigenvalue weighted by Crippen LogP contribution is 2.37. The van der Waals surface area contributed by atoms with Gasteiger partial charge in [-0.05, 0) is 61.4 Å². The molecule has 0 aliphatic heterocycles. The number of rotatable bonds is 7. The van der Waals surface area contributed by atoms with Crippen LogP contribution in [0, 0.1) is 13.8 Å². The first-order valence-corrected chi connectivity index (χ1v) is 12.7. The Kier molecular flexibility index (Phi) is 7.23. The van der Waals surface area contributed by atoms with Crippen molar-refractivity contribution in [2.45, 2.75) is 24.9 Å². The third-order valence-electron chi connectivity index (χ3n) is 5.76. The van der Waals surface area contributed by atoms with E-state index >= 15 is 0 Å². The maximum absolute atomic E-state index is 13.4. The molecular weight excluding hydrogens is 521 g/mol. The van der Waals surface area contributed by atoms with Crippen molar-refractivity contribution in [3.05, 3.63) is 95.2 Å². The van der Waals surface area contributed by atoms with Crippen LogP contribution in [0.3, 0.4) is 0 Å². The van der Waals surface area contributed by atoms with E-state index in [2.05, 4.69) is 10.0 Å². The van der Waals surface area contributed by atoms with E-state index in [9.17, 15) is 26.4 Å². The molecule has 3 aromatic carbocycles. The maximum Gasteiger partial charge on any atom is 0.417 e. The van der Waals surface area contributed by atoms with Crippen molar-refractivity contribution >= 4 is 27.3 Å². The van der Waals surface area contributed by atoms with Gasteiger partial charge in [0.15, 0.2) is 5.76 Å². The second-order valence-corrected chi connectivity index (χ2v) is 10.1. The van der Waals surface area contributed by atoms with Gasteiger partial charge >= 0.3 is 6.18 Å². The summed E-state index contributed by atoms with van der Waals surface area (Å²) in [5, 5.41) is 2.52. The summed E-state index contributed by atoms with van der Waals surface area (Å²) in [7, 11) is -2.82. The van der Waals surface area contributed by atoms with E-state index in [-0.39, 0.29) is 33.4 Å². The third kappa shape index (κ3) is 5.52. The van der Waals surface area contributed by atoms with Crippen LogP contribution < -0.4 is 14.8 Å². The number of nitrogens with one attached hydrogen (secondary N) is 2. The molecule has 0 aliphatic rings. The molecule has 0 radical (unpaired) electrons. The second kappa shape index (κ2) is 10.3. The zero-order valence-electron chi connectivity index (χ0n) is 20.5. The number of carbonyl (C=O) groups is 1. The number of alkyl halides is 3.